The number of likely N-dealkylation sites (tertiary alicyclic amines) is 1. The third kappa shape index (κ3) is 6.00. The Hall–Kier alpha value is -2.16. The molecule has 1 saturated heterocycles. The molecule has 0 aromatic rings. The molecule has 0 unspecified atom stereocenters. The number of nitrogens with one attached hydrogen (secondary N) is 2. The van der Waals surface area contributed by atoms with Crippen LogP contribution in [0.4, 0.5) is 0 Å². The van der Waals surface area contributed by atoms with Crippen molar-refractivity contribution in [3.63, 3.8) is 0 Å². The molecule has 1 heterocycles. The van der Waals surface area contributed by atoms with Crippen molar-refractivity contribution in [2.75, 3.05) is 13.1 Å². The van der Waals surface area contributed by atoms with Gasteiger partial charge in [0, 0.05) is 6.54 Å². The first-order chi connectivity index (χ1) is 11.7. The zero-order chi connectivity index (χ0) is 19.1. The number of nitrogens with two attached hydrogens (primary N) is 1. The molecule has 0 radical (unpaired) electrons. The molecule has 0 aromatic heterocycles. The van der Waals surface area contributed by atoms with Crippen molar-refractivity contribution in [3.8, 4) is 0 Å². The minimum Gasteiger partial charge on any atom is -0.480 e. The predicted molar refractivity (Wildman–Crippen MR) is 90.4 cm³/mol. The van der Waals surface area contributed by atoms with Crippen molar-refractivity contribution < 1.29 is 24.3 Å². The van der Waals surface area contributed by atoms with Gasteiger partial charge in [0.1, 0.15) is 18.1 Å². The number of rotatable bonds is 8. The van der Waals surface area contributed by atoms with Gasteiger partial charge in [0.2, 0.25) is 17.7 Å². The summed E-state index contributed by atoms with van der Waals surface area (Å²) < 4.78 is 0. The summed E-state index contributed by atoms with van der Waals surface area (Å²) in [5, 5.41) is 14.2. The van der Waals surface area contributed by atoms with Crippen LogP contribution in [-0.2, 0) is 19.2 Å². The van der Waals surface area contributed by atoms with Gasteiger partial charge in [0.25, 0.3) is 0 Å². The highest BCUT2D eigenvalue weighted by Crippen LogP contribution is 2.19. The highest BCUT2D eigenvalue weighted by atomic mass is 16.4. The molecule has 0 saturated carbocycles. The SMILES string of the molecule is CC(C)C[C@H](NC(=O)[C@@H]1CCCN1C(=O)[C@H](C)NC(=O)CN)C(=O)O. The van der Waals surface area contributed by atoms with Crippen molar-refractivity contribution in [3.05, 3.63) is 0 Å². The number of hydrogen-bond acceptors (Lipinski definition) is 5. The van der Waals surface area contributed by atoms with Crippen LogP contribution in [0.25, 0.3) is 0 Å². The summed E-state index contributed by atoms with van der Waals surface area (Å²) in [5.74, 6) is -2.30. The molecule has 25 heavy (non-hydrogen) atoms. The molecule has 1 aliphatic rings. The van der Waals surface area contributed by atoms with Crippen molar-refractivity contribution in [1.29, 1.82) is 0 Å². The first-order valence-electron chi connectivity index (χ1n) is 8.50. The summed E-state index contributed by atoms with van der Waals surface area (Å²) >= 11 is 0. The minimum absolute atomic E-state index is 0.106. The quantitative estimate of drug-likeness (QED) is 0.442. The molecule has 0 aliphatic carbocycles. The maximum Gasteiger partial charge on any atom is 0.326 e. The maximum absolute atomic E-state index is 12.5. The van der Waals surface area contributed by atoms with Gasteiger partial charge < -0.3 is 26.4 Å². The van der Waals surface area contributed by atoms with E-state index in [0.717, 1.165) is 0 Å². The normalized spacial score (nSPS) is 19.4. The number of carboxylic acids is 1. The lowest BCUT2D eigenvalue weighted by molar-refractivity contribution is -0.145. The number of nitrogens with zero attached hydrogens (tertiary/aromatic N) is 1. The molecule has 1 aliphatic heterocycles. The summed E-state index contributed by atoms with van der Waals surface area (Å²) in [6, 6.07) is -2.51. The zero-order valence-corrected chi connectivity index (χ0v) is 14.9. The Labute approximate surface area is 147 Å². The molecule has 5 N–H and O–H groups in total. The second-order valence-corrected chi connectivity index (χ2v) is 6.71. The molecular formula is C16H28N4O5. The van der Waals surface area contributed by atoms with Crippen LogP contribution < -0.4 is 16.4 Å². The second-order valence-electron chi connectivity index (χ2n) is 6.71. The largest absolute Gasteiger partial charge is 0.480 e. The van der Waals surface area contributed by atoms with Crippen molar-refractivity contribution in [2.45, 2.75) is 58.2 Å². The van der Waals surface area contributed by atoms with Gasteiger partial charge in [-0.25, -0.2) is 4.79 Å². The van der Waals surface area contributed by atoms with Crippen LogP contribution in [0.15, 0.2) is 0 Å². The fourth-order valence-corrected chi connectivity index (χ4v) is 2.87. The van der Waals surface area contributed by atoms with E-state index in [1.807, 2.05) is 13.8 Å². The van der Waals surface area contributed by atoms with Crippen LogP contribution in [0.2, 0.25) is 0 Å². The number of amides is 3. The van der Waals surface area contributed by atoms with E-state index in [2.05, 4.69) is 10.6 Å². The van der Waals surface area contributed by atoms with E-state index in [-0.39, 0.29) is 18.4 Å². The fraction of sp³-hybridized carbons (Fsp3) is 0.750. The predicted octanol–water partition coefficient (Wildman–Crippen LogP) is -0.944. The summed E-state index contributed by atoms with van der Waals surface area (Å²) in [4.78, 5) is 49.0. The fourth-order valence-electron chi connectivity index (χ4n) is 2.87. The Balaban J connectivity index is 2.75. The molecule has 1 rings (SSSR count). The van der Waals surface area contributed by atoms with Crippen LogP contribution in [0, 0.1) is 5.92 Å². The number of hydrogen-bond donors (Lipinski definition) is 4. The second kappa shape index (κ2) is 9.36. The molecule has 0 aromatic carbocycles. The first-order valence-corrected chi connectivity index (χ1v) is 8.50. The average molecular weight is 356 g/mol. The molecule has 142 valence electrons. The maximum atomic E-state index is 12.5. The monoisotopic (exact) mass is 356 g/mol. The third-order valence-electron chi connectivity index (χ3n) is 4.09. The van der Waals surface area contributed by atoms with E-state index in [1.54, 1.807) is 0 Å². The average Bonchev–Trinajstić information content (AvgIpc) is 3.02. The lowest BCUT2D eigenvalue weighted by Crippen LogP contribution is -2.55. The lowest BCUT2D eigenvalue weighted by atomic mass is 10.0. The van der Waals surface area contributed by atoms with E-state index in [0.29, 0.717) is 25.8 Å². The highest BCUT2D eigenvalue weighted by molar-refractivity contribution is 5.93. The van der Waals surface area contributed by atoms with E-state index < -0.39 is 35.9 Å². The Bertz CT molecular complexity index is 523. The van der Waals surface area contributed by atoms with Crippen molar-refractivity contribution >= 4 is 23.7 Å². The summed E-state index contributed by atoms with van der Waals surface area (Å²) in [6.07, 6.45) is 1.41. The Kier molecular flexibility index (Phi) is 7.82. The van der Waals surface area contributed by atoms with Gasteiger partial charge in [-0.3, -0.25) is 14.4 Å². The third-order valence-corrected chi connectivity index (χ3v) is 4.09. The molecule has 0 spiro atoms. The van der Waals surface area contributed by atoms with Crippen LogP contribution in [0.5, 0.6) is 0 Å². The molecule has 9 nitrogen and oxygen atoms in total. The van der Waals surface area contributed by atoms with Gasteiger partial charge >= 0.3 is 5.97 Å². The van der Waals surface area contributed by atoms with Crippen LogP contribution in [-0.4, -0.2) is 64.9 Å². The van der Waals surface area contributed by atoms with E-state index in [9.17, 15) is 24.3 Å². The van der Waals surface area contributed by atoms with Gasteiger partial charge in [-0.2, -0.15) is 0 Å². The summed E-state index contributed by atoms with van der Waals surface area (Å²) in [7, 11) is 0. The van der Waals surface area contributed by atoms with E-state index >= 15 is 0 Å². The topological polar surface area (TPSA) is 142 Å². The Morgan fingerprint density at radius 2 is 1.84 bits per heavy atom. The summed E-state index contributed by atoms with van der Waals surface area (Å²) in [6.45, 7) is 5.44. The van der Waals surface area contributed by atoms with E-state index in [4.69, 9.17) is 5.73 Å². The standard InChI is InChI=1S/C16H28N4O5/c1-9(2)7-11(16(24)25)19-14(22)12-5-4-6-20(12)15(23)10(3)18-13(21)8-17/h9-12H,4-8,17H2,1-3H3,(H,18,21)(H,19,22)(H,24,25)/t10-,11-,12-/m0/s1. The van der Waals surface area contributed by atoms with Gasteiger partial charge in [-0.15, -0.1) is 0 Å². The van der Waals surface area contributed by atoms with Crippen molar-refractivity contribution in [2.24, 2.45) is 11.7 Å². The molecule has 1 fully saturated rings. The molecule has 3 atom stereocenters. The first kappa shape index (κ1) is 20.9. The Morgan fingerprint density at radius 1 is 1.20 bits per heavy atom. The lowest BCUT2D eigenvalue weighted by Gasteiger charge is -2.28. The smallest absolute Gasteiger partial charge is 0.326 e. The minimum atomic E-state index is -1.10. The number of aliphatic carboxylic acids is 1. The number of carboxylic acid groups (broad SMARTS) is 1. The van der Waals surface area contributed by atoms with Gasteiger partial charge in [-0.1, -0.05) is 13.8 Å². The van der Waals surface area contributed by atoms with Crippen LogP contribution >= 0.6 is 0 Å². The van der Waals surface area contributed by atoms with Gasteiger partial charge in [0.15, 0.2) is 0 Å². The number of carbonyl (C=O) groups is 4. The molecule has 9 heteroatoms. The highest BCUT2D eigenvalue weighted by Gasteiger charge is 2.37. The van der Waals surface area contributed by atoms with E-state index in [1.165, 1.54) is 11.8 Å². The van der Waals surface area contributed by atoms with Crippen LogP contribution in [0.1, 0.15) is 40.0 Å². The Morgan fingerprint density at radius 3 is 2.36 bits per heavy atom. The molecule has 3 amide bonds. The van der Waals surface area contributed by atoms with Crippen LogP contribution in [0.3, 0.4) is 0 Å². The zero-order valence-electron chi connectivity index (χ0n) is 14.9. The van der Waals surface area contributed by atoms with Gasteiger partial charge in [-0.05, 0) is 32.1 Å². The molecular weight excluding hydrogens is 328 g/mol. The van der Waals surface area contributed by atoms with Crippen molar-refractivity contribution in [1.82, 2.24) is 15.5 Å². The number of carbonyl (C=O) groups excluding carboxylic acids is 3. The van der Waals surface area contributed by atoms with Gasteiger partial charge in [0.05, 0.1) is 6.54 Å². The molecule has 0 bridgehead atoms. The summed E-state index contributed by atoms with van der Waals surface area (Å²) in [5.41, 5.74) is 5.22.